The van der Waals surface area contributed by atoms with Crippen molar-refractivity contribution in [3.05, 3.63) is 78.3 Å². The smallest absolute Gasteiger partial charge is 0.231 e. The standard InChI is InChI=1S/C23H19F2N5O2/c24-17-6-8-19(9-7-17)31-20-10-11-26-23(27-20)30-12-2-4-16(14-30)22-28-21(29-32-22)15-3-1-5-18(25)13-15/h1,3,5-11,13,16H,2,4,12,14H2. The lowest BCUT2D eigenvalue weighted by atomic mass is 9.98. The van der Waals surface area contributed by atoms with Gasteiger partial charge >= 0.3 is 0 Å². The second-order valence-electron chi connectivity index (χ2n) is 7.50. The number of hydrogen-bond acceptors (Lipinski definition) is 7. The van der Waals surface area contributed by atoms with E-state index in [2.05, 4.69) is 20.1 Å². The average molecular weight is 435 g/mol. The normalized spacial score (nSPS) is 16.2. The summed E-state index contributed by atoms with van der Waals surface area (Å²) in [5, 5.41) is 4.02. The first kappa shape index (κ1) is 20.0. The molecule has 162 valence electrons. The van der Waals surface area contributed by atoms with Crippen LogP contribution in [0.1, 0.15) is 24.7 Å². The van der Waals surface area contributed by atoms with Gasteiger partial charge < -0.3 is 14.2 Å². The molecule has 4 aromatic rings. The molecular weight excluding hydrogens is 416 g/mol. The number of rotatable bonds is 5. The van der Waals surface area contributed by atoms with Gasteiger partial charge in [0.1, 0.15) is 17.4 Å². The molecule has 3 heterocycles. The zero-order valence-corrected chi connectivity index (χ0v) is 17.0. The van der Waals surface area contributed by atoms with Crippen LogP contribution in [0.2, 0.25) is 0 Å². The van der Waals surface area contributed by atoms with Crippen LogP contribution < -0.4 is 9.64 Å². The Morgan fingerprint density at radius 2 is 1.88 bits per heavy atom. The molecule has 0 radical (unpaired) electrons. The van der Waals surface area contributed by atoms with Crippen molar-refractivity contribution in [2.75, 3.05) is 18.0 Å². The molecule has 5 rings (SSSR count). The number of halogens is 2. The molecule has 0 N–H and O–H groups in total. The predicted octanol–water partition coefficient (Wildman–Crippen LogP) is 4.98. The number of hydrogen-bond donors (Lipinski definition) is 0. The van der Waals surface area contributed by atoms with Crippen LogP contribution in [0.25, 0.3) is 11.4 Å². The van der Waals surface area contributed by atoms with Crippen molar-refractivity contribution >= 4 is 5.95 Å². The Balaban J connectivity index is 1.31. The van der Waals surface area contributed by atoms with Crippen LogP contribution >= 0.6 is 0 Å². The first-order valence-electron chi connectivity index (χ1n) is 10.2. The maximum absolute atomic E-state index is 13.5. The Hall–Kier alpha value is -3.88. The van der Waals surface area contributed by atoms with E-state index in [1.165, 1.54) is 24.3 Å². The molecule has 0 saturated carbocycles. The molecule has 32 heavy (non-hydrogen) atoms. The van der Waals surface area contributed by atoms with Gasteiger partial charge in [0.2, 0.25) is 23.5 Å². The highest BCUT2D eigenvalue weighted by molar-refractivity contribution is 5.54. The molecule has 2 aromatic carbocycles. The van der Waals surface area contributed by atoms with Gasteiger partial charge in [-0.3, -0.25) is 0 Å². The van der Waals surface area contributed by atoms with E-state index in [0.717, 1.165) is 19.4 Å². The molecule has 0 bridgehead atoms. The SMILES string of the molecule is Fc1ccc(Oc2ccnc(N3CCCC(c4nc(-c5cccc(F)c5)no4)C3)n2)cc1. The zero-order valence-electron chi connectivity index (χ0n) is 17.0. The summed E-state index contributed by atoms with van der Waals surface area (Å²) in [6, 6.07) is 13.5. The number of nitrogens with zero attached hydrogens (tertiary/aromatic N) is 5. The van der Waals surface area contributed by atoms with Crippen LogP contribution in [0, 0.1) is 11.6 Å². The number of aromatic nitrogens is 4. The quantitative estimate of drug-likeness (QED) is 0.437. The molecule has 1 atom stereocenters. The lowest BCUT2D eigenvalue weighted by molar-refractivity contribution is 0.332. The summed E-state index contributed by atoms with van der Waals surface area (Å²) in [6.45, 7) is 1.38. The minimum absolute atomic E-state index is 0.00355. The highest BCUT2D eigenvalue weighted by atomic mass is 19.1. The average Bonchev–Trinajstić information content (AvgIpc) is 3.32. The van der Waals surface area contributed by atoms with Crippen LogP contribution in [0.15, 0.2) is 65.3 Å². The Labute approximate surface area is 182 Å². The van der Waals surface area contributed by atoms with Gasteiger partial charge in [-0.1, -0.05) is 17.3 Å². The number of benzene rings is 2. The lowest BCUT2D eigenvalue weighted by Crippen LogP contribution is -2.35. The van der Waals surface area contributed by atoms with E-state index in [1.54, 1.807) is 36.5 Å². The van der Waals surface area contributed by atoms with E-state index in [-0.39, 0.29) is 17.6 Å². The molecule has 0 amide bonds. The summed E-state index contributed by atoms with van der Waals surface area (Å²) in [7, 11) is 0. The van der Waals surface area contributed by atoms with Crippen LogP contribution in [0.3, 0.4) is 0 Å². The van der Waals surface area contributed by atoms with Crippen molar-refractivity contribution in [1.29, 1.82) is 0 Å². The third-order valence-corrected chi connectivity index (χ3v) is 5.23. The van der Waals surface area contributed by atoms with Crippen LogP contribution in [0.4, 0.5) is 14.7 Å². The Morgan fingerprint density at radius 3 is 2.72 bits per heavy atom. The summed E-state index contributed by atoms with van der Waals surface area (Å²) in [5.74, 6) is 1.58. The number of anilines is 1. The molecule has 1 unspecified atom stereocenters. The molecule has 7 nitrogen and oxygen atoms in total. The van der Waals surface area contributed by atoms with Crippen molar-refractivity contribution in [2.45, 2.75) is 18.8 Å². The van der Waals surface area contributed by atoms with Gasteiger partial charge in [0.15, 0.2) is 0 Å². The summed E-state index contributed by atoms with van der Waals surface area (Å²) < 4.78 is 37.8. The maximum atomic E-state index is 13.5. The highest BCUT2D eigenvalue weighted by Gasteiger charge is 2.28. The van der Waals surface area contributed by atoms with Crippen molar-refractivity contribution in [1.82, 2.24) is 20.1 Å². The minimum Gasteiger partial charge on any atom is -0.439 e. The second-order valence-corrected chi connectivity index (χ2v) is 7.50. The summed E-state index contributed by atoms with van der Waals surface area (Å²) in [6.07, 6.45) is 3.40. The Kier molecular flexibility index (Phi) is 5.45. The zero-order chi connectivity index (χ0) is 21.9. The molecule has 0 aliphatic carbocycles. The molecule has 1 aliphatic rings. The van der Waals surface area contributed by atoms with Crippen LogP contribution in [-0.2, 0) is 0 Å². The maximum Gasteiger partial charge on any atom is 0.231 e. The van der Waals surface area contributed by atoms with Crippen molar-refractivity contribution < 1.29 is 18.0 Å². The van der Waals surface area contributed by atoms with Gasteiger partial charge in [-0.05, 0) is 49.2 Å². The van der Waals surface area contributed by atoms with Crippen molar-refractivity contribution in [3.63, 3.8) is 0 Å². The number of ether oxygens (including phenoxy) is 1. The van der Waals surface area contributed by atoms with Gasteiger partial charge in [0.05, 0.1) is 5.92 Å². The largest absolute Gasteiger partial charge is 0.439 e. The van der Waals surface area contributed by atoms with Gasteiger partial charge in [-0.15, -0.1) is 0 Å². The molecular formula is C23H19F2N5O2. The summed E-state index contributed by atoms with van der Waals surface area (Å²) in [5.41, 5.74) is 0.571. The van der Waals surface area contributed by atoms with Crippen molar-refractivity contribution in [3.8, 4) is 23.0 Å². The van der Waals surface area contributed by atoms with Crippen molar-refractivity contribution in [2.24, 2.45) is 0 Å². The van der Waals surface area contributed by atoms with E-state index >= 15 is 0 Å². The Bertz CT molecular complexity index is 1220. The first-order chi connectivity index (χ1) is 15.6. The fourth-order valence-corrected chi connectivity index (χ4v) is 3.67. The third-order valence-electron chi connectivity index (χ3n) is 5.23. The second kappa shape index (κ2) is 8.70. The van der Waals surface area contributed by atoms with E-state index < -0.39 is 0 Å². The molecule has 1 aliphatic heterocycles. The van der Waals surface area contributed by atoms with Gasteiger partial charge in [0.25, 0.3) is 0 Å². The van der Waals surface area contributed by atoms with E-state index in [1.807, 2.05) is 4.90 Å². The number of piperidine rings is 1. The third kappa shape index (κ3) is 4.41. The monoisotopic (exact) mass is 435 g/mol. The van der Waals surface area contributed by atoms with Gasteiger partial charge in [-0.2, -0.15) is 9.97 Å². The fraction of sp³-hybridized carbons (Fsp3) is 0.217. The molecule has 0 spiro atoms. The molecule has 1 fully saturated rings. The van der Waals surface area contributed by atoms with E-state index in [4.69, 9.17) is 9.26 Å². The summed E-state index contributed by atoms with van der Waals surface area (Å²) >= 11 is 0. The summed E-state index contributed by atoms with van der Waals surface area (Å²) in [4.78, 5) is 15.4. The van der Waals surface area contributed by atoms with Crippen LogP contribution in [-0.4, -0.2) is 33.2 Å². The molecule has 1 saturated heterocycles. The topological polar surface area (TPSA) is 77.2 Å². The first-order valence-corrected chi connectivity index (χ1v) is 10.2. The predicted molar refractivity (Wildman–Crippen MR) is 112 cm³/mol. The highest BCUT2D eigenvalue weighted by Crippen LogP contribution is 2.30. The van der Waals surface area contributed by atoms with E-state index in [0.29, 0.717) is 41.4 Å². The van der Waals surface area contributed by atoms with E-state index in [9.17, 15) is 8.78 Å². The molecule has 9 heteroatoms. The van der Waals surface area contributed by atoms with Crippen LogP contribution in [0.5, 0.6) is 11.6 Å². The lowest BCUT2D eigenvalue weighted by Gasteiger charge is -2.30. The van der Waals surface area contributed by atoms with Gasteiger partial charge in [0, 0.05) is 30.9 Å². The Morgan fingerprint density at radius 1 is 1.00 bits per heavy atom. The van der Waals surface area contributed by atoms with Gasteiger partial charge in [-0.25, -0.2) is 13.8 Å². The fourth-order valence-electron chi connectivity index (χ4n) is 3.67. The minimum atomic E-state index is -0.349. The molecule has 2 aromatic heterocycles.